The molecule has 0 aromatic rings. The van der Waals surface area contributed by atoms with Crippen LogP contribution in [0, 0.1) is 0 Å². The van der Waals surface area contributed by atoms with Crippen molar-refractivity contribution in [3.63, 3.8) is 0 Å². The van der Waals surface area contributed by atoms with E-state index in [1.165, 1.54) is 0 Å². The van der Waals surface area contributed by atoms with Gasteiger partial charge in [0, 0.05) is 11.1 Å². The average Bonchev–Trinajstić information content (AvgIpc) is 2.25. The summed E-state index contributed by atoms with van der Waals surface area (Å²) in [6, 6.07) is -0.153. The number of alkyl halides is 3. The summed E-state index contributed by atoms with van der Waals surface area (Å²) in [6.07, 6.45) is 0.0769. The molecule has 116 valence electrons. The van der Waals surface area contributed by atoms with Gasteiger partial charge in [-0.3, -0.25) is 15.2 Å². The standard InChI is InChI=1S/C13H21ClF3N3/c1-9(14)7-6-8-10(2)18-12(20(4)5)19-11(3)13(15,16)17/h6-8,10,12,18H,1-5H3. The van der Waals surface area contributed by atoms with Gasteiger partial charge in [-0.25, -0.2) is 0 Å². The molecule has 0 fully saturated rings. The van der Waals surface area contributed by atoms with E-state index < -0.39 is 18.2 Å². The van der Waals surface area contributed by atoms with E-state index >= 15 is 0 Å². The van der Waals surface area contributed by atoms with Crippen LogP contribution in [0.5, 0.6) is 0 Å². The fraction of sp³-hybridized carbons (Fsp3) is 0.615. The Morgan fingerprint density at radius 2 is 1.85 bits per heavy atom. The van der Waals surface area contributed by atoms with E-state index in [0.29, 0.717) is 5.03 Å². The van der Waals surface area contributed by atoms with Crippen molar-refractivity contribution < 1.29 is 13.2 Å². The molecule has 7 heteroatoms. The Labute approximate surface area is 123 Å². The van der Waals surface area contributed by atoms with Gasteiger partial charge in [0.1, 0.15) is 5.71 Å². The quantitative estimate of drug-likeness (QED) is 0.461. The Hall–Kier alpha value is -0.850. The number of allylic oxidation sites excluding steroid dienone is 3. The van der Waals surface area contributed by atoms with Crippen molar-refractivity contribution in [1.82, 2.24) is 10.2 Å². The van der Waals surface area contributed by atoms with E-state index in [1.807, 2.05) is 6.92 Å². The van der Waals surface area contributed by atoms with Crippen molar-refractivity contribution in [2.45, 2.75) is 39.3 Å². The van der Waals surface area contributed by atoms with Crippen molar-refractivity contribution in [2.24, 2.45) is 4.99 Å². The zero-order valence-electron chi connectivity index (χ0n) is 12.3. The number of halogens is 4. The maximum atomic E-state index is 12.5. The van der Waals surface area contributed by atoms with E-state index in [4.69, 9.17) is 11.6 Å². The molecule has 0 spiro atoms. The lowest BCUT2D eigenvalue weighted by Crippen LogP contribution is -2.45. The maximum absolute atomic E-state index is 12.5. The number of aliphatic imine (C=N–C) groups is 1. The molecule has 0 aliphatic carbocycles. The zero-order chi connectivity index (χ0) is 15.9. The number of hydrogen-bond acceptors (Lipinski definition) is 3. The number of nitrogens with zero attached hydrogens (tertiary/aromatic N) is 2. The molecule has 0 rings (SSSR count). The molecule has 0 aromatic heterocycles. The summed E-state index contributed by atoms with van der Waals surface area (Å²) >= 11 is 5.67. The van der Waals surface area contributed by atoms with E-state index in [0.717, 1.165) is 6.92 Å². The largest absolute Gasteiger partial charge is 0.428 e. The number of rotatable bonds is 6. The van der Waals surface area contributed by atoms with E-state index in [-0.39, 0.29) is 6.04 Å². The molecule has 0 bridgehead atoms. The fourth-order valence-electron chi connectivity index (χ4n) is 1.20. The summed E-state index contributed by atoms with van der Waals surface area (Å²) < 4.78 is 37.5. The lowest BCUT2D eigenvalue weighted by molar-refractivity contribution is -0.0600. The van der Waals surface area contributed by atoms with Crippen LogP contribution in [0.1, 0.15) is 20.8 Å². The normalized spacial score (nSPS) is 17.9. The van der Waals surface area contributed by atoms with E-state index in [1.54, 1.807) is 44.1 Å². The second-order valence-electron chi connectivity index (χ2n) is 4.64. The fourth-order valence-corrected chi connectivity index (χ4v) is 1.28. The summed E-state index contributed by atoms with van der Waals surface area (Å²) in [5, 5.41) is 3.60. The van der Waals surface area contributed by atoms with E-state index in [2.05, 4.69) is 10.3 Å². The summed E-state index contributed by atoms with van der Waals surface area (Å²) in [4.78, 5) is 5.23. The number of nitrogens with one attached hydrogen (secondary N) is 1. The van der Waals surface area contributed by atoms with Crippen LogP contribution in [0.25, 0.3) is 0 Å². The first-order valence-electron chi connectivity index (χ1n) is 6.08. The van der Waals surface area contributed by atoms with Crippen molar-refractivity contribution in [2.75, 3.05) is 14.1 Å². The third-order valence-electron chi connectivity index (χ3n) is 2.35. The highest BCUT2D eigenvalue weighted by molar-refractivity contribution is 6.29. The lowest BCUT2D eigenvalue weighted by Gasteiger charge is -2.25. The molecule has 2 atom stereocenters. The Balaban J connectivity index is 4.81. The molecule has 0 saturated heterocycles. The molecule has 0 aliphatic rings. The predicted octanol–water partition coefficient (Wildman–Crippen LogP) is 3.53. The highest BCUT2D eigenvalue weighted by Crippen LogP contribution is 2.17. The zero-order valence-corrected chi connectivity index (χ0v) is 13.0. The van der Waals surface area contributed by atoms with Crippen LogP contribution in [0.4, 0.5) is 13.2 Å². The van der Waals surface area contributed by atoms with Gasteiger partial charge in [0.25, 0.3) is 0 Å². The van der Waals surface area contributed by atoms with Crippen molar-refractivity contribution >= 4 is 17.3 Å². The van der Waals surface area contributed by atoms with Gasteiger partial charge in [-0.05, 0) is 40.9 Å². The molecule has 0 aliphatic heterocycles. The summed E-state index contributed by atoms with van der Waals surface area (Å²) in [6.45, 7) is 4.52. The number of hydrogen-bond donors (Lipinski definition) is 1. The lowest BCUT2D eigenvalue weighted by atomic mass is 10.3. The van der Waals surface area contributed by atoms with Crippen LogP contribution in [0.2, 0.25) is 0 Å². The van der Waals surface area contributed by atoms with Crippen molar-refractivity contribution in [1.29, 1.82) is 0 Å². The van der Waals surface area contributed by atoms with Crippen LogP contribution in [0.15, 0.2) is 28.3 Å². The molecule has 2 unspecified atom stereocenters. The monoisotopic (exact) mass is 311 g/mol. The third-order valence-corrected chi connectivity index (χ3v) is 2.48. The Morgan fingerprint density at radius 3 is 2.25 bits per heavy atom. The van der Waals surface area contributed by atoms with Crippen LogP contribution in [-0.4, -0.2) is 43.2 Å². The van der Waals surface area contributed by atoms with Gasteiger partial charge < -0.3 is 0 Å². The van der Waals surface area contributed by atoms with Crippen LogP contribution < -0.4 is 5.32 Å². The predicted molar refractivity (Wildman–Crippen MR) is 78.0 cm³/mol. The van der Waals surface area contributed by atoms with Gasteiger partial charge in [0.15, 0.2) is 6.29 Å². The van der Waals surface area contributed by atoms with E-state index in [9.17, 15) is 13.2 Å². The molecular formula is C13H21ClF3N3. The minimum absolute atomic E-state index is 0.153. The summed E-state index contributed by atoms with van der Waals surface area (Å²) in [5.74, 6) is 0. The molecule has 1 N–H and O–H groups in total. The Morgan fingerprint density at radius 1 is 1.30 bits per heavy atom. The van der Waals surface area contributed by atoms with Gasteiger partial charge in [0.05, 0.1) is 0 Å². The molecule has 0 aromatic carbocycles. The summed E-state index contributed by atoms with van der Waals surface area (Å²) in [5.41, 5.74) is -0.864. The van der Waals surface area contributed by atoms with Crippen molar-refractivity contribution in [3.05, 3.63) is 23.3 Å². The van der Waals surface area contributed by atoms with Gasteiger partial charge in [-0.1, -0.05) is 23.8 Å². The van der Waals surface area contributed by atoms with Crippen LogP contribution in [0.3, 0.4) is 0 Å². The second-order valence-corrected chi connectivity index (χ2v) is 5.24. The van der Waals surface area contributed by atoms with Gasteiger partial charge in [0.2, 0.25) is 0 Å². The molecule has 0 saturated carbocycles. The SMILES string of the molecule is CC(Cl)=CC=CC(C)NC(N=C(C)C(F)(F)F)N(C)C. The first-order valence-corrected chi connectivity index (χ1v) is 6.46. The molecule has 3 nitrogen and oxygen atoms in total. The molecule has 0 amide bonds. The molecule has 0 heterocycles. The highest BCUT2D eigenvalue weighted by atomic mass is 35.5. The summed E-state index contributed by atoms with van der Waals surface area (Å²) in [7, 11) is 3.31. The van der Waals surface area contributed by atoms with Gasteiger partial charge >= 0.3 is 6.18 Å². The van der Waals surface area contributed by atoms with Crippen LogP contribution in [-0.2, 0) is 0 Å². The Kier molecular flexibility index (Phi) is 8.08. The third kappa shape index (κ3) is 8.35. The first-order chi connectivity index (χ1) is 9.04. The van der Waals surface area contributed by atoms with Crippen molar-refractivity contribution in [3.8, 4) is 0 Å². The van der Waals surface area contributed by atoms with Gasteiger partial charge in [-0.2, -0.15) is 13.2 Å². The smallest absolute Gasteiger partial charge is 0.277 e. The van der Waals surface area contributed by atoms with Crippen LogP contribution >= 0.6 is 11.6 Å². The maximum Gasteiger partial charge on any atom is 0.428 e. The minimum atomic E-state index is -4.41. The minimum Gasteiger partial charge on any atom is -0.277 e. The highest BCUT2D eigenvalue weighted by Gasteiger charge is 2.32. The Bertz CT molecular complexity index is 383. The molecule has 0 radical (unpaired) electrons. The topological polar surface area (TPSA) is 27.6 Å². The average molecular weight is 312 g/mol. The molecular weight excluding hydrogens is 291 g/mol. The second kappa shape index (κ2) is 8.44. The van der Waals surface area contributed by atoms with Gasteiger partial charge in [-0.15, -0.1) is 0 Å². The first kappa shape index (κ1) is 19.1. The molecule has 20 heavy (non-hydrogen) atoms.